The Kier molecular flexibility index (Phi) is 6.02. The van der Waals surface area contributed by atoms with E-state index in [0.29, 0.717) is 29.9 Å². The first-order valence-corrected chi connectivity index (χ1v) is 8.22. The summed E-state index contributed by atoms with van der Waals surface area (Å²) in [6, 6.07) is 6.90. The molecule has 0 bridgehead atoms. The van der Waals surface area contributed by atoms with E-state index in [9.17, 15) is 14.4 Å². The van der Waals surface area contributed by atoms with Crippen LogP contribution in [0.4, 0.5) is 0 Å². The Balaban J connectivity index is 0.00000225. The summed E-state index contributed by atoms with van der Waals surface area (Å²) in [5, 5.41) is 0.403. The Labute approximate surface area is 151 Å². The molecule has 7 nitrogen and oxygen atoms in total. The molecule has 25 heavy (non-hydrogen) atoms. The summed E-state index contributed by atoms with van der Waals surface area (Å²) in [6.07, 6.45) is 1.71. The van der Waals surface area contributed by atoms with Crippen LogP contribution in [0.3, 0.4) is 0 Å². The summed E-state index contributed by atoms with van der Waals surface area (Å²) in [5.41, 5.74) is 5.40. The van der Waals surface area contributed by atoms with Crippen LogP contribution in [-0.4, -0.2) is 39.5 Å². The van der Waals surface area contributed by atoms with Crippen LogP contribution >= 0.6 is 12.4 Å². The topological polar surface area (TPSA) is 101 Å². The molecule has 1 amide bonds. The van der Waals surface area contributed by atoms with Gasteiger partial charge in [-0.25, -0.2) is 4.79 Å². The van der Waals surface area contributed by atoms with E-state index in [1.54, 1.807) is 29.2 Å². The number of nitrogens with zero attached hydrogens (tertiary/aromatic N) is 2. The lowest BCUT2D eigenvalue weighted by atomic mass is 9.91. The van der Waals surface area contributed by atoms with Crippen molar-refractivity contribution in [1.29, 1.82) is 0 Å². The number of hydrogen-bond acceptors (Lipinski definition) is 4. The number of hydrogen-bond donors (Lipinski definition) is 2. The number of benzene rings is 1. The molecule has 8 heteroatoms. The predicted molar refractivity (Wildman–Crippen MR) is 99.0 cm³/mol. The first-order chi connectivity index (χ1) is 11.5. The van der Waals surface area contributed by atoms with Gasteiger partial charge in [0.2, 0.25) is 5.91 Å². The summed E-state index contributed by atoms with van der Waals surface area (Å²) in [7, 11) is 0. The van der Waals surface area contributed by atoms with Gasteiger partial charge in [-0.15, -0.1) is 12.4 Å². The van der Waals surface area contributed by atoms with Gasteiger partial charge in [0.05, 0.1) is 10.9 Å². The third-order valence-corrected chi connectivity index (χ3v) is 4.82. The number of carbonyl (C=O) groups excluding carboxylic acids is 1. The quantitative estimate of drug-likeness (QED) is 0.834. The number of para-hydroxylation sites is 1. The van der Waals surface area contributed by atoms with E-state index in [1.165, 1.54) is 0 Å². The van der Waals surface area contributed by atoms with Crippen LogP contribution in [0, 0.1) is 5.92 Å². The number of amides is 1. The van der Waals surface area contributed by atoms with E-state index in [1.807, 2.05) is 6.92 Å². The number of likely N-dealkylation sites (tertiary alicyclic amines) is 1. The zero-order valence-electron chi connectivity index (χ0n) is 14.1. The lowest BCUT2D eigenvalue weighted by molar-refractivity contribution is -0.133. The highest BCUT2D eigenvalue weighted by molar-refractivity contribution is 5.85. The maximum absolute atomic E-state index is 12.5. The second-order valence-electron chi connectivity index (χ2n) is 6.44. The summed E-state index contributed by atoms with van der Waals surface area (Å²) in [5.74, 6) is 0.210. The average molecular weight is 367 g/mol. The van der Waals surface area contributed by atoms with Crippen molar-refractivity contribution >= 4 is 29.2 Å². The Bertz CT molecular complexity index is 866. The Morgan fingerprint density at radius 1 is 1.28 bits per heavy atom. The highest BCUT2D eigenvalue weighted by Crippen LogP contribution is 2.19. The summed E-state index contributed by atoms with van der Waals surface area (Å²) in [6.45, 7) is 2.98. The van der Waals surface area contributed by atoms with Gasteiger partial charge in [-0.05, 0) is 37.8 Å². The van der Waals surface area contributed by atoms with E-state index in [0.717, 1.165) is 17.4 Å². The van der Waals surface area contributed by atoms with Crippen molar-refractivity contribution in [2.24, 2.45) is 11.7 Å². The molecule has 1 fully saturated rings. The number of halogens is 1. The number of piperidine rings is 1. The molecule has 2 heterocycles. The fraction of sp³-hybridized carbons (Fsp3) is 0.471. The van der Waals surface area contributed by atoms with E-state index in [4.69, 9.17) is 5.73 Å². The molecule has 1 saturated heterocycles. The van der Waals surface area contributed by atoms with Gasteiger partial charge in [0.1, 0.15) is 6.54 Å². The van der Waals surface area contributed by atoms with Crippen molar-refractivity contribution in [2.45, 2.75) is 32.4 Å². The predicted octanol–water partition coefficient (Wildman–Crippen LogP) is 0.697. The number of fused-ring (bicyclic) bond motifs is 1. The van der Waals surface area contributed by atoms with Crippen molar-refractivity contribution in [3.05, 3.63) is 45.1 Å². The van der Waals surface area contributed by atoms with Gasteiger partial charge in [-0.3, -0.25) is 14.2 Å². The smallest absolute Gasteiger partial charge is 0.329 e. The molecule has 3 rings (SSSR count). The molecule has 1 atom stereocenters. The first-order valence-electron chi connectivity index (χ1n) is 8.22. The van der Waals surface area contributed by atoms with Crippen LogP contribution in [0.5, 0.6) is 0 Å². The average Bonchev–Trinajstić information content (AvgIpc) is 2.58. The molecule has 1 aliphatic heterocycles. The highest BCUT2D eigenvalue weighted by atomic mass is 35.5. The number of carbonyl (C=O) groups is 1. The van der Waals surface area contributed by atoms with Crippen molar-refractivity contribution < 1.29 is 4.79 Å². The third kappa shape index (κ3) is 3.93. The summed E-state index contributed by atoms with van der Waals surface area (Å²) in [4.78, 5) is 41.4. The van der Waals surface area contributed by atoms with Crippen LogP contribution in [0.15, 0.2) is 33.9 Å². The summed E-state index contributed by atoms with van der Waals surface area (Å²) < 4.78 is 0.975. The van der Waals surface area contributed by atoms with Crippen LogP contribution < -0.4 is 17.0 Å². The van der Waals surface area contributed by atoms with Gasteiger partial charge in [0.25, 0.3) is 5.56 Å². The van der Waals surface area contributed by atoms with Gasteiger partial charge in [0.15, 0.2) is 0 Å². The largest absolute Gasteiger partial charge is 0.341 e. The Morgan fingerprint density at radius 2 is 1.92 bits per heavy atom. The van der Waals surface area contributed by atoms with E-state index in [2.05, 4.69) is 4.98 Å². The minimum atomic E-state index is -0.558. The molecule has 3 N–H and O–H groups in total. The van der Waals surface area contributed by atoms with E-state index < -0.39 is 11.2 Å². The molecule has 0 saturated carbocycles. The maximum atomic E-state index is 12.5. The normalized spacial score (nSPS) is 16.5. The molecule has 136 valence electrons. The molecule has 1 unspecified atom stereocenters. The van der Waals surface area contributed by atoms with Crippen molar-refractivity contribution in [1.82, 2.24) is 14.5 Å². The van der Waals surface area contributed by atoms with Gasteiger partial charge in [-0.1, -0.05) is 12.1 Å². The third-order valence-electron chi connectivity index (χ3n) is 4.82. The van der Waals surface area contributed by atoms with Crippen LogP contribution in [0.25, 0.3) is 10.9 Å². The molecule has 0 aliphatic carbocycles. The highest BCUT2D eigenvalue weighted by Gasteiger charge is 2.25. The van der Waals surface area contributed by atoms with Crippen molar-refractivity contribution in [3.63, 3.8) is 0 Å². The fourth-order valence-corrected chi connectivity index (χ4v) is 3.25. The first kappa shape index (κ1) is 19.2. The summed E-state index contributed by atoms with van der Waals surface area (Å²) >= 11 is 0. The standard InChI is InChI=1S/C17H22N4O3.ClH/c1-11(18)12-6-8-20(9-7-12)15(22)10-21-16(23)13-4-2-3-5-14(13)19-17(21)24;/h2-5,11-12H,6-10,18H2,1H3,(H,19,24);1H. The monoisotopic (exact) mass is 366 g/mol. The van der Waals surface area contributed by atoms with Crippen LogP contribution in [0.1, 0.15) is 19.8 Å². The van der Waals surface area contributed by atoms with Crippen LogP contribution in [-0.2, 0) is 11.3 Å². The maximum Gasteiger partial charge on any atom is 0.329 e. The molecule has 1 aromatic carbocycles. The number of aromatic nitrogens is 2. The minimum absolute atomic E-state index is 0. The van der Waals surface area contributed by atoms with Crippen molar-refractivity contribution in [3.8, 4) is 0 Å². The lowest BCUT2D eigenvalue weighted by Crippen LogP contribution is -2.46. The Morgan fingerprint density at radius 3 is 2.56 bits per heavy atom. The molecular weight excluding hydrogens is 344 g/mol. The van der Waals surface area contributed by atoms with Crippen LogP contribution in [0.2, 0.25) is 0 Å². The number of aromatic amines is 1. The molecule has 1 aromatic heterocycles. The molecule has 2 aromatic rings. The number of nitrogens with two attached hydrogens (primary N) is 1. The SMILES string of the molecule is CC(N)C1CCN(C(=O)Cn2c(=O)[nH]c3ccccc3c2=O)CC1.Cl. The van der Waals surface area contributed by atoms with Gasteiger partial charge in [-0.2, -0.15) is 0 Å². The molecular formula is C17H23ClN4O3. The van der Waals surface area contributed by atoms with Crippen molar-refractivity contribution in [2.75, 3.05) is 13.1 Å². The fourth-order valence-electron chi connectivity index (χ4n) is 3.25. The zero-order chi connectivity index (χ0) is 17.3. The Hall–Kier alpha value is -2.12. The lowest BCUT2D eigenvalue weighted by Gasteiger charge is -2.33. The second kappa shape index (κ2) is 7.84. The number of nitrogens with one attached hydrogen (secondary N) is 1. The van der Waals surface area contributed by atoms with Gasteiger partial charge in [0, 0.05) is 19.1 Å². The molecule has 0 spiro atoms. The minimum Gasteiger partial charge on any atom is -0.341 e. The number of H-pyrrole nitrogens is 1. The van der Waals surface area contributed by atoms with E-state index in [-0.39, 0.29) is 30.9 Å². The van der Waals surface area contributed by atoms with Gasteiger partial charge >= 0.3 is 5.69 Å². The number of rotatable bonds is 3. The molecule has 1 aliphatic rings. The second-order valence-corrected chi connectivity index (χ2v) is 6.44. The van der Waals surface area contributed by atoms with Gasteiger partial charge < -0.3 is 15.6 Å². The zero-order valence-corrected chi connectivity index (χ0v) is 14.9. The van der Waals surface area contributed by atoms with E-state index >= 15 is 0 Å². The molecule has 0 radical (unpaired) electrons.